The second-order valence-corrected chi connectivity index (χ2v) is 3.01. The molecule has 5 heteroatoms. The Morgan fingerprint density at radius 2 is 2.23 bits per heavy atom. The number of hydrogen-bond acceptors (Lipinski definition) is 3. The highest BCUT2D eigenvalue weighted by molar-refractivity contribution is 9.09. The zero-order valence-electron chi connectivity index (χ0n) is 6.55. The van der Waals surface area contributed by atoms with Gasteiger partial charge in [-0.1, -0.05) is 15.9 Å². The lowest BCUT2D eigenvalue weighted by molar-refractivity contribution is 0.102. The van der Waals surface area contributed by atoms with Crippen LogP contribution in [0, 0.1) is 5.82 Å². The number of carbonyl (C=O) groups excluding carboxylic acids is 1. The van der Waals surface area contributed by atoms with Crippen molar-refractivity contribution in [3.8, 4) is 5.75 Å². The van der Waals surface area contributed by atoms with Crippen LogP contribution in [0.2, 0.25) is 0 Å². The average Bonchev–Trinajstić information content (AvgIpc) is 2.02. The molecule has 1 aromatic rings. The molecule has 0 unspecified atom stereocenters. The summed E-state index contributed by atoms with van der Waals surface area (Å²) in [5, 5.41) is 9.25. The quantitative estimate of drug-likeness (QED) is 0.475. The van der Waals surface area contributed by atoms with Crippen LogP contribution < -0.4 is 5.73 Å². The molecule has 1 aromatic carbocycles. The van der Waals surface area contributed by atoms with E-state index in [4.69, 9.17) is 5.73 Å². The highest BCUT2D eigenvalue weighted by Crippen LogP contribution is 2.25. The predicted molar refractivity (Wildman–Crippen MR) is 50.6 cm³/mol. The summed E-state index contributed by atoms with van der Waals surface area (Å²) in [5.74, 6) is -1.47. The number of nitrogens with two attached hydrogens (primary N) is 1. The lowest BCUT2D eigenvalue weighted by Crippen LogP contribution is -2.05. The molecule has 0 aliphatic carbocycles. The van der Waals surface area contributed by atoms with E-state index in [9.17, 15) is 14.3 Å². The van der Waals surface area contributed by atoms with Crippen LogP contribution in [0.5, 0.6) is 5.75 Å². The van der Waals surface area contributed by atoms with Crippen molar-refractivity contribution >= 4 is 27.4 Å². The average molecular weight is 248 g/mol. The van der Waals surface area contributed by atoms with Gasteiger partial charge in [0, 0.05) is 11.8 Å². The third-order valence-electron chi connectivity index (χ3n) is 1.51. The van der Waals surface area contributed by atoms with Gasteiger partial charge >= 0.3 is 0 Å². The summed E-state index contributed by atoms with van der Waals surface area (Å²) in [7, 11) is 0. The molecule has 0 atom stereocenters. The lowest BCUT2D eigenvalue weighted by atomic mass is 10.1. The fraction of sp³-hybridized carbons (Fsp3) is 0.125. The van der Waals surface area contributed by atoms with Crippen molar-refractivity contribution in [2.45, 2.75) is 0 Å². The summed E-state index contributed by atoms with van der Waals surface area (Å²) >= 11 is 2.93. The Morgan fingerprint density at radius 3 is 2.69 bits per heavy atom. The van der Waals surface area contributed by atoms with E-state index in [2.05, 4.69) is 15.9 Å². The second kappa shape index (κ2) is 3.74. The number of nitrogen functional groups attached to an aromatic ring is 1. The number of ketones is 1. The number of carbonyl (C=O) groups is 1. The molecule has 0 spiro atoms. The molecule has 0 saturated heterocycles. The van der Waals surface area contributed by atoms with Crippen molar-refractivity contribution in [2.75, 3.05) is 11.1 Å². The summed E-state index contributed by atoms with van der Waals surface area (Å²) < 4.78 is 12.6. The first-order valence-electron chi connectivity index (χ1n) is 3.43. The third kappa shape index (κ3) is 1.98. The van der Waals surface area contributed by atoms with Crippen LogP contribution in [0.4, 0.5) is 10.1 Å². The number of benzene rings is 1. The van der Waals surface area contributed by atoms with Crippen LogP contribution >= 0.6 is 15.9 Å². The summed E-state index contributed by atoms with van der Waals surface area (Å²) in [4.78, 5) is 11.2. The minimum absolute atomic E-state index is 0.0381. The number of phenols is 1. The van der Waals surface area contributed by atoms with Gasteiger partial charge in [0.1, 0.15) is 11.6 Å². The maximum absolute atomic E-state index is 12.6. The first-order valence-corrected chi connectivity index (χ1v) is 4.55. The van der Waals surface area contributed by atoms with E-state index in [0.29, 0.717) is 0 Å². The molecule has 0 saturated carbocycles. The van der Waals surface area contributed by atoms with E-state index in [1.54, 1.807) is 0 Å². The molecule has 1 rings (SSSR count). The maximum atomic E-state index is 12.6. The zero-order valence-corrected chi connectivity index (χ0v) is 8.14. The van der Waals surface area contributed by atoms with Crippen LogP contribution in [-0.2, 0) is 0 Å². The van der Waals surface area contributed by atoms with Crippen LogP contribution in [0.25, 0.3) is 0 Å². The number of alkyl halides is 1. The first kappa shape index (κ1) is 9.98. The molecule has 13 heavy (non-hydrogen) atoms. The van der Waals surface area contributed by atoms with Crippen LogP contribution in [-0.4, -0.2) is 16.2 Å². The number of Topliss-reactive ketones (excluding diaryl/α,β-unsaturated/α-hetero) is 1. The molecular weight excluding hydrogens is 241 g/mol. The van der Waals surface area contributed by atoms with Crippen LogP contribution in [0.15, 0.2) is 12.1 Å². The first-order chi connectivity index (χ1) is 6.06. The van der Waals surface area contributed by atoms with Crippen molar-refractivity contribution in [2.24, 2.45) is 0 Å². The fourth-order valence-corrected chi connectivity index (χ4v) is 1.26. The van der Waals surface area contributed by atoms with Gasteiger partial charge in [-0.15, -0.1) is 0 Å². The normalized spacial score (nSPS) is 10.0. The van der Waals surface area contributed by atoms with E-state index >= 15 is 0 Å². The molecule has 0 fully saturated rings. The lowest BCUT2D eigenvalue weighted by Gasteiger charge is -2.05. The Hall–Kier alpha value is -1.10. The van der Waals surface area contributed by atoms with Gasteiger partial charge in [-0.25, -0.2) is 4.39 Å². The van der Waals surface area contributed by atoms with E-state index < -0.39 is 11.6 Å². The van der Waals surface area contributed by atoms with Gasteiger partial charge in [0.25, 0.3) is 0 Å². The Labute approximate surface area is 82.5 Å². The number of rotatable bonds is 2. The highest BCUT2D eigenvalue weighted by Gasteiger charge is 2.14. The Morgan fingerprint density at radius 1 is 1.62 bits per heavy atom. The number of anilines is 1. The maximum Gasteiger partial charge on any atom is 0.179 e. The minimum atomic E-state index is -0.666. The van der Waals surface area contributed by atoms with Crippen molar-refractivity contribution in [3.63, 3.8) is 0 Å². The summed E-state index contributed by atoms with van der Waals surface area (Å²) in [6.45, 7) is 0. The smallest absolute Gasteiger partial charge is 0.179 e. The SMILES string of the molecule is Nc1cc(F)cc(O)c1C(=O)CBr. The molecule has 70 valence electrons. The molecule has 0 radical (unpaired) electrons. The Kier molecular flexibility index (Phi) is 2.87. The number of aromatic hydroxyl groups is 1. The van der Waals surface area contributed by atoms with E-state index in [1.165, 1.54) is 0 Å². The van der Waals surface area contributed by atoms with Crippen molar-refractivity contribution in [3.05, 3.63) is 23.5 Å². The Balaban J connectivity index is 3.28. The summed E-state index contributed by atoms with van der Waals surface area (Å²) in [5.41, 5.74) is 5.26. The van der Waals surface area contributed by atoms with Gasteiger partial charge < -0.3 is 10.8 Å². The highest BCUT2D eigenvalue weighted by atomic mass is 79.9. The molecule has 0 aromatic heterocycles. The second-order valence-electron chi connectivity index (χ2n) is 2.45. The van der Waals surface area contributed by atoms with E-state index in [-0.39, 0.29) is 22.4 Å². The molecule has 0 aliphatic heterocycles. The van der Waals surface area contributed by atoms with Gasteiger partial charge in [0.2, 0.25) is 0 Å². The summed E-state index contributed by atoms with van der Waals surface area (Å²) in [6.07, 6.45) is 0. The monoisotopic (exact) mass is 247 g/mol. The van der Waals surface area contributed by atoms with Gasteiger partial charge in [-0.3, -0.25) is 4.79 Å². The van der Waals surface area contributed by atoms with Crippen molar-refractivity contribution in [1.29, 1.82) is 0 Å². The topological polar surface area (TPSA) is 63.3 Å². The molecule has 3 N–H and O–H groups in total. The summed E-state index contributed by atoms with van der Waals surface area (Å²) in [6, 6.07) is 1.85. The number of hydrogen-bond donors (Lipinski definition) is 2. The van der Waals surface area contributed by atoms with E-state index in [0.717, 1.165) is 12.1 Å². The molecular formula is C8H7BrFNO2. The van der Waals surface area contributed by atoms with Crippen molar-refractivity contribution in [1.82, 2.24) is 0 Å². The van der Waals surface area contributed by atoms with E-state index in [1.807, 2.05) is 0 Å². The van der Waals surface area contributed by atoms with Crippen LogP contribution in [0.1, 0.15) is 10.4 Å². The largest absolute Gasteiger partial charge is 0.507 e. The molecule has 0 bridgehead atoms. The zero-order chi connectivity index (χ0) is 10.0. The third-order valence-corrected chi connectivity index (χ3v) is 2.02. The molecule has 0 heterocycles. The predicted octanol–water partition coefficient (Wildman–Crippen LogP) is 1.69. The molecule has 3 nitrogen and oxygen atoms in total. The van der Waals surface area contributed by atoms with Gasteiger partial charge in [-0.2, -0.15) is 0 Å². The van der Waals surface area contributed by atoms with Gasteiger partial charge in [-0.05, 0) is 6.07 Å². The standard InChI is InChI=1S/C8H7BrFNO2/c9-3-7(13)8-5(11)1-4(10)2-6(8)12/h1-2,12H,3,11H2. The minimum Gasteiger partial charge on any atom is -0.507 e. The number of halogens is 2. The molecule has 0 amide bonds. The van der Waals surface area contributed by atoms with Gasteiger partial charge in [0.05, 0.1) is 10.9 Å². The van der Waals surface area contributed by atoms with Crippen molar-refractivity contribution < 1.29 is 14.3 Å². The van der Waals surface area contributed by atoms with Gasteiger partial charge in [0.15, 0.2) is 5.78 Å². The number of phenolic OH excluding ortho intramolecular Hbond substituents is 1. The van der Waals surface area contributed by atoms with Crippen LogP contribution in [0.3, 0.4) is 0 Å². The molecule has 0 aliphatic rings. The fourth-order valence-electron chi connectivity index (χ4n) is 0.984. The Bertz CT molecular complexity index is 331.